The average Bonchev–Trinajstić information content (AvgIpc) is 2.98. The Morgan fingerprint density at radius 2 is 1.86 bits per heavy atom. The molecule has 156 valence electrons. The lowest BCUT2D eigenvalue weighted by molar-refractivity contribution is -0.120. The minimum absolute atomic E-state index is 0.293. The van der Waals surface area contributed by atoms with E-state index in [-0.39, 0.29) is 12.0 Å². The van der Waals surface area contributed by atoms with Crippen LogP contribution in [0.5, 0.6) is 5.75 Å². The first-order chi connectivity index (χ1) is 13.6. The van der Waals surface area contributed by atoms with Crippen LogP contribution in [0.1, 0.15) is 44.5 Å². The molecule has 1 amide bonds. The molecule has 1 fully saturated rings. The first kappa shape index (κ1) is 21.9. The Morgan fingerprint density at radius 3 is 2.38 bits per heavy atom. The second kappa shape index (κ2) is 8.17. The highest BCUT2D eigenvalue weighted by atomic mass is 35.5. The zero-order valence-corrected chi connectivity index (χ0v) is 19.0. The molecule has 1 aliphatic rings. The molecule has 0 spiro atoms. The zero-order chi connectivity index (χ0) is 21.4. The number of esters is 1. The van der Waals surface area contributed by atoms with Crippen molar-refractivity contribution in [2.45, 2.75) is 44.6 Å². The number of anilines is 1. The number of ether oxygens (including phenoxy) is 2. The number of benzene rings is 1. The molecule has 1 N–H and O–H groups in total. The standard InChI is InChI=1S/C21H23Cl2NO4S/c1-5-27-14-8-6-13(7-9-14)15-10-29-17(16(15)18(25)28-12(2)3)24-19(26)20(4)11-21(20,22)23/h6-10,12H,5,11H2,1-4H3,(H,24,26)/t20-/m1/s1. The summed E-state index contributed by atoms with van der Waals surface area (Å²) in [4.78, 5) is 25.6. The van der Waals surface area contributed by atoms with Crippen LogP contribution in [0.25, 0.3) is 11.1 Å². The third-order valence-electron chi connectivity index (χ3n) is 4.80. The van der Waals surface area contributed by atoms with E-state index in [4.69, 9.17) is 32.7 Å². The molecule has 0 bridgehead atoms. The van der Waals surface area contributed by atoms with E-state index in [9.17, 15) is 9.59 Å². The van der Waals surface area contributed by atoms with Crippen molar-refractivity contribution in [2.75, 3.05) is 11.9 Å². The predicted octanol–water partition coefficient (Wildman–Crippen LogP) is 5.90. The summed E-state index contributed by atoms with van der Waals surface area (Å²) in [5.74, 6) is -0.0703. The number of halogens is 2. The average molecular weight is 456 g/mol. The number of hydrogen-bond donors (Lipinski definition) is 1. The predicted molar refractivity (Wildman–Crippen MR) is 117 cm³/mol. The summed E-state index contributed by atoms with van der Waals surface area (Å²) >= 11 is 13.5. The summed E-state index contributed by atoms with van der Waals surface area (Å²) in [6, 6.07) is 7.42. The van der Waals surface area contributed by atoms with Crippen LogP contribution >= 0.6 is 34.5 Å². The second-order valence-electron chi connectivity index (χ2n) is 7.43. The number of carbonyl (C=O) groups is 2. The number of thiophene rings is 1. The quantitative estimate of drug-likeness (QED) is 0.416. The molecule has 0 aliphatic heterocycles. The van der Waals surface area contributed by atoms with Gasteiger partial charge < -0.3 is 14.8 Å². The maximum Gasteiger partial charge on any atom is 0.342 e. The SMILES string of the molecule is CCOc1ccc(-c2csc(NC(=O)[C@@]3(C)CC3(Cl)Cl)c2C(=O)OC(C)C)cc1. The zero-order valence-electron chi connectivity index (χ0n) is 16.7. The van der Waals surface area contributed by atoms with Gasteiger partial charge >= 0.3 is 5.97 Å². The number of rotatable bonds is 7. The fourth-order valence-electron chi connectivity index (χ4n) is 2.92. The van der Waals surface area contributed by atoms with Gasteiger partial charge in [-0.25, -0.2) is 4.79 Å². The van der Waals surface area contributed by atoms with Gasteiger partial charge in [0.05, 0.1) is 18.1 Å². The van der Waals surface area contributed by atoms with Crippen LogP contribution in [0.4, 0.5) is 5.00 Å². The van der Waals surface area contributed by atoms with E-state index >= 15 is 0 Å². The lowest BCUT2D eigenvalue weighted by Crippen LogP contribution is -2.26. The molecule has 1 saturated carbocycles. The molecular formula is C21H23Cl2NO4S. The van der Waals surface area contributed by atoms with E-state index in [0.29, 0.717) is 29.2 Å². The van der Waals surface area contributed by atoms with E-state index in [1.807, 2.05) is 36.6 Å². The highest BCUT2D eigenvalue weighted by Gasteiger charge is 2.68. The van der Waals surface area contributed by atoms with Crippen LogP contribution < -0.4 is 10.1 Å². The number of amides is 1. The molecule has 0 unspecified atom stereocenters. The fourth-order valence-corrected chi connectivity index (χ4v) is 4.58. The van der Waals surface area contributed by atoms with Gasteiger partial charge in [0.15, 0.2) is 0 Å². The van der Waals surface area contributed by atoms with Crippen LogP contribution in [-0.2, 0) is 9.53 Å². The van der Waals surface area contributed by atoms with Gasteiger partial charge in [0.1, 0.15) is 20.6 Å². The van der Waals surface area contributed by atoms with Crippen LogP contribution in [0.3, 0.4) is 0 Å². The molecular weight excluding hydrogens is 433 g/mol. The van der Waals surface area contributed by atoms with E-state index in [1.165, 1.54) is 11.3 Å². The molecule has 1 aliphatic carbocycles. The molecule has 2 aromatic rings. The monoisotopic (exact) mass is 455 g/mol. The highest BCUT2D eigenvalue weighted by Crippen LogP contribution is 2.64. The first-order valence-electron chi connectivity index (χ1n) is 9.34. The third kappa shape index (κ3) is 4.39. The van der Waals surface area contributed by atoms with Crippen molar-refractivity contribution in [3.63, 3.8) is 0 Å². The number of carbonyl (C=O) groups excluding carboxylic acids is 2. The van der Waals surface area contributed by atoms with E-state index < -0.39 is 15.7 Å². The molecule has 1 aromatic heterocycles. The van der Waals surface area contributed by atoms with Crippen molar-refractivity contribution in [2.24, 2.45) is 5.41 Å². The lowest BCUT2D eigenvalue weighted by Gasteiger charge is -2.14. The number of hydrogen-bond acceptors (Lipinski definition) is 5. The van der Waals surface area contributed by atoms with Gasteiger partial charge in [-0.2, -0.15) is 0 Å². The van der Waals surface area contributed by atoms with Crippen molar-refractivity contribution in [3.05, 3.63) is 35.2 Å². The molecule has 29 heavy (non-hydrogen) atoms. The van der Waals surface area contributed by atoms with Gasteiger partial charge in [0.25, 0.3) is 0 Å². The van der Waals surface area contributed by atoms with Crippen LogP contribution in [0.2, 0.25) is 0 Å². The fraction of sp³-hybridized carbons (Fsp3) is 0.429. The molecule has 3 rings (SSSR count). The Bertz CT molecular complexity index is 923. The van der Waals surface area contributed by atoms with Crippen molar-refractivity contribution >= 4 is 51.4 Å². The molecule has 5 nitrogen and oxygen atoms in total. The Balaban J connectivity index is 1.95. The first-order valence-corrected chi connectivity index (χ1v) is 11.0. The van der Waals surface area contributed by atoms with Gasteiger partial charge in [-0.1, -0.05) is 12.1 Å². The minimum Gasteiger partial charge on any atom is -0.494 e. The van der Waals surface area contributed by atoms with Crippen LogP contribution in [0, 0.1) is 5.41 Å². The van der Waals surface area contributed by atoms with Crippen LogP contribution in [0.15, 0.2) is 29.6 Å². The highest BCUT2D eigenvalue weighted by molar-refractivity contribution is 7.15. The van der Waals surface area contributed by atoms with Crippen molar-refractivity contribution in [3.8, 4) is 16.9 Å². The smallest absolute Gasteiger partial charge is 0.342 e. The normalized spacial score (nSPS) is 19.7. The summed E-state index contributed by atoms with van der Waals surface area (Å²) in [5, 5.41) is 5.07. The summed E-state index contributed by atoms with van der Waals surface area (Å²) in [5.41, 5.74) is 0.935. The molecule has 0 saturated heterocycles. The molecule has 1 heterocycles. The van der Waals surface area contributed by atoms with Gasteiger partial charge in [0.2, 0.25) is 5.91 Å². The van der Waals surface area contributed by atoms with Gasteiger partial charge in [-0.05, 0) is 51.8 Å². The van der Waals surface area contributed by atoms with E-state index in [0.717, 1.165) is 11.3 Å². The van der Waals surface area contributed by atoms with Crippen molar-refractivity contribution in [1.82, 2.24) is 0 Å². The van der Waals surface area contributed by atoms with Crippen molar-refractivity contribution in [1.29, 1.82) is 0 Å². The van der Waals surface area contributed by atoms with Crippen LogP contribution in [-0.4, -0.2) is 28.9 Å². The maximum absolute atomic E-state index is 12.8. The number of nitrogens with one attached hydrogen (secondary N) is 1. The summed E-state index contributed by atoms with van der Waals surface area (Å²) in [7, 11) is 0. The molecule has 0 radical (unpaired) electrons. The van der Waals surface area contributed by atoms with Gasteiger partial charge in [-0.15, -0.1) is 34.5 Å². The molecule has 8 heteroatoms. The van der Waals surface area contributed by atoms with Gasteiger partial charge in [-0.3, -0.25) is 4.79 Å². The number of alkyl halides is 2. The molecule has 1 atom stereocenters. The Hall–Kier alpha value is -1.76. The van der Waals surface area contributed by atoms with E-state index in [2.05, 4.69) is 5.32 Å². The second-order valence-corrected chi connectivity index (χ2v) is 9.80. The Kier molecular flexibility index (Phi) is 6.18. The van der Waals surface area contributed by atoms with Gasteiger partial charge in [0, 0.05) is 10.9 Å². The molecule has 1 aromatic carbocycles. The summed E-state index contributed by atoms with van der Waals surface area (Å²) in [6.45, 7) is 7.74. The minimum atomic E-state index is -1.09. The third-order valence-corrected chi connectivity index (χ3v) is 6.80. The maximum atomic E-state index is 12.8. The largest absolute Gasteiger partial charge is 0.494 e. The van der Waals surface area contributed by atoms with Crippen molar-refractivity contribution < 1.29 is 19.1 Å². The van der Waals surface area contributed by atoms with E-state index in [1.54, 1.807) is 20.8 Å². The lowest BCUT2D eigenvalue weighted by atomic mass is 10.0. The summed E-state index contributed by atoms with van der Waals surface area (Å²) in [6.07, 6.45) is 0.0658. The summed E-state index contributed by atoms with van der Waals surface area (Å²) < 4.78 is 9.81. The topological polar surface area (TPSA) is 64.6 Å². The Labute approximate surface area is 184 Å². The Morgan fingerprint density at radius 1 is 1.24 bits per heavy atom.